The highest BCUT2D eigenvalue weighted by atomic mass is 35.5. The van der Waals surface area contributed by atoms with Crippen LogP contribution in [0.3, 0.4) is 0 Å². The summed E-state index contributed by atoms with van der Waals surface area (Å²) in [6.45, 7) is 1.69. The molecule has 0 radical (unpaired) electrons. The van der Waals surface area contributed by atoms with E-state index in [4.69, 9.17) is 16.3 Å². The van der Waals surface area contributed by atoms with E-state index < -0.39 is 0 Å². The van der Waals surface area contributed by atoms with Gasteiger partial charge in [0.1, 0.15) is 12.4 Å². The molecule has 4 aromatic rings. The molecule has 0 fully saturated rings. The Labute approximate surface area is 203 Å². The number of aromatic nitrogens is 2. The van der Waals surface area contributed by atoms with E-state index >= 15 is 0 Å². The molecule has 1 N–H and O–H groups in total. The first kappa shape index (κ1) is 22.0. The fraction of sp³-hybridized carbons (Fsp3) is 0.143. The largest absolute Gasteiger partial charge is 0.489 e. The number of hydrogen-bond acceptors (Lipinski definition) is 3. The number of nitrogens with zero attached hydrogens (tertiary/aromatic N) is 2. The van der Waals surface area contributed by atoms with Crippen molar-refractivity contribution in [2.45, 2.75) is 19.6 Å². The Morgan fingerprint density at radius 2 is 1.88 bits per heavy atom. The number of rotatable bonds is 6. The van der Waals surface area contributed by atoms with E-state index in [1.807, 2.05) is 89.8 Å². The molecule has 5 rings (SSSR count). The highest BCUT2D eigenvalue weighted by molar-refractivity contribution is 6.30. The van der Waals surface area contributed by atoms with Crippen molar-refractivity contribution in [2.24, 2.45) is 0 Å². The van der Waals surface area contributed by atoms with Gasteiger partial charge in [0.25, 0.3) is 0 Å². The molecule has 0 atom stereocenters. The molecule has 1 aliphatic heterocycles. The molecule has 0 saturated carbocycles. The number of amides is 1. The maximum absolute atomic E-state index is 12.9. The van der Waals surface area contributed by atoms with Crippen LogP contribution in [0.25, 0.3) is 17.3 Å². The molecule has 1 aliphatic rings. The van der Waals surface area contributed by atoms with Gasteiger partial charge in [-0.05, 0) is 41.5 Å². The highest BCUT2D eigenvalue weighted by Crippen LogP contribution is 2.30. The molecule has 6 heteroatoms. The van der Waals surface area contributed by atoms with E-state index in [-0.39, 0.29) is 5.91 Å². The summed E-state index contributed by atoms with van der Waals surface area (Å²) in [7, 11) is 0. The number of carbonyl (C=O) groups excluding carboxylic acids is 1. The van der Waals surface area contributed by atoms with Gasteiger partial charge < -0.3 is 9.64 Å². The second-order valence-electron chi connectivity index (χ2n) is 8.23. The van der Waals surface area contributed by atoms with Gasteiger partial charge in [0.2, 0.25) is 5.91 Å². The first-order valence-electron chi connectivity index (χ1n) is 11.2. The van der Waals surface area contributed by atoms with Crippen molar-refractivity contribution in [2.75, 3.05) is 6.54 Å². The first-order valence-corrected chi connectivity index (χ1v) is 11.6. The number of carbonyl (C=O) groups is 1. The van der Waals surface area contributed by atoms with Crippen molar-refractivity contribution in [1.82, 2.24) is 15.1 Å². The third kappa shape index (κ3) is 5.05. The van der Waals surface area contributed by atoms with Crippen LogP contribution in [-0.4, -0.2) is 27.5 Å². The number of nitrogens with one attached hydrogen (secondary N) is 1. The first-order chi connectivity index (χ1) is 16.7. The fourth-order valence-electron chi connectivity index (χ4n) is 4.05. The summed E-state index contributed by atoms with van der Waals surface area (Å²) < 4.78 is 5.83. The van der Waals surface area contributed by atoms with Crippen LogP contribution in [0.4, 0.5) is 0 Å². The molecule has 0 aliphatic carbocycles. The molecule has 0 bridgehead atoms. The molecule has 1 aromatic heterocycles. The van der Waals surface area contributed by atoms with Crippen molar-refractivity contribution >= 4 is 23.6 Å². The molecule has 170 valence electrons. The van der Waals surface area contributed by atoms with Crippen LogP contribution in [0, 0.1) is 0 Å². The number of fused-ring (bicyclic) bond motifs is 1. The second-order valence-corrected chi connectivity index (χ2v) is 8.66. The van der Waals surface area contributed by atoms with Crippen LogP contribution in [0.1, 0.15) is 22.4 Å². The van der Waals surface area contributed by atoms with Crippen molar-refractivity contribution < 1.29 is 9.53 Å². The Morgan fingerprint density at radius 1 is 1.06 bits per heavy atom. The summed E-state index contributed by atoms with van der Waals surface area (Å²) in [5, 5.41) is 8.28. The molecule has 1 amide bonds. The molecule has 0 unspecified atom stereocenters. The van der Waals surface area contributed by atoms with Crippen molar-refractivity contribution in [3.8, 4) is 17.0 Å². The lowest BCUT2D eigenvalue weighted by Crippen LogP contribution is -2.34. The molecule has 2 heterocycles. The van der Waals surface area contributed by atoms with Crippen LogP contribution in [0.5, 0.6) is 5.75 Å². The third-order valence-corrected chi connectivity index (χ3v) is 6.13. The van der Waals surface area contributed by atoms with E-state index in [0.29, 0.717) is 24.7 Å². The van der Waals surface area contributed by atoms with Crippen molar-refractivity contribution in [1.29, 1.82) is 0 Å². The number of ether oxygens (including phenoxy) is 1. The number of benzene rings is 3. The summed E-state index contributed by atoms with van der Waals surface area (Å²) in [6, 6.07) is 25.4. The molecular weight excluding hydrogens is 446 g/mol. The summed E-state index contributed by atoms with van der Waals surface area (Å²) >= 11 is 6.16. The number of H-pyrrole nitrogens is 1. The molecule has 0 spiro atoms. The topological polar surface area (TPSA) is 58.2 Å². The lowest BCUT2D eigenvalue weighted by Gasteiger charge is -2.26. The Balaban J connectivity index is 1.22. The fourth-order valence-corrected chi connectivity index (χ4v) is 4.24. The van der Waals surface area contributed by atoms with Crippen LogP contribution in [0.2, 0.25) is 5.02 Å². The van der Waals surface area contributed by atoms with Crippen LogP contribution in [0.15, 0.2) is 84.9 Å². The second kappa shape index (κ2) is 9.98. The van der Waals surface area contributed by atoms with E-state index in [0.717, 1.165) is 45.8 Å². The minimum Gasteiger partial charge on any atom is -0.489 e. The van der Waals surface area contributed by atoms with Gasteiger partial charge in [0.05, 0.1) is 5.69 Å². The van der Waals surface area contributed by atoms with E-state index in [1.54, 1.807) is 6.08 Å². The minimum absolute atomic E-state index is 0.0201. The zero-order chi connectivity index (χ0) is 23.3. The van der Waals surface area contributed by atoms with Gasteiger partial charge in [0.15, 0.2) is 0 Å². The maximum atomic E-state index is 12.9. The lowest BCUT2D eigenvalue weighted by atomic mass is 10.0. The van der Waals surface area contributed by atoms with Gasteiger partial charge in [0, 0.05) is 47.4 Å². The Hall–Kier alpha value is -3.83. The SMILES string of the molecule is O=C(/C=C/c1ccc(OCc2ccccc2)cc1)N1CCc2[nH]nc(-c3cccc(Cl)c3)c2C1. The number of hydrogen-bond donors (Lipinski definition) is 1. The van der Waals surface area contributed by atoms with Gasteiger partial charge >= 0.3 is 0 Å². The molecule has 34 heavy (non-hydrogen) atoms. The number of halogens is 1. The third-order valence-electron chi connectivity index (χ3n) is 5.89. The Kier molecular flexibility index (Phi) is 6.45. The van der Waals surface area contributed by atoms with Gasteiger partial charge in [-0.15, -0.1) is 0 Å². The van der Waals surface area contributed by atoms with Crippen molar-refractivity contribution in [3.05, 3.63) is 112 Å². The monoisotopic (exact) mass is 469 g/mol. The summed E-state index contributed by atoms with van der Waals surface area (Å²) in [5.74, 6) is 0.776. The molecule has 5 nitrogen and oxygen atoms in total. The summed E-state index contributed by atoms with van der Waals surface area (Å²) in [6.07, 6.45) is 4.21. The predicted octanol–water partition coefficient (Wildman–Crippen LogP) is 5.91. The Bertz CT molecular complexity index is 1310. The predicted molar refractivity (Wildman–Crippen MR) is 134 cm³/mol. The number of aromatic amines is 1. The van der Waals surface area contributed by atoms with Gasteiger partial charge in [-0.2, -0.15) is 5.10 Å². The Morgan fingerprint density at radius 3 is 2.68 bits per heavy atom. The quantitative estimate of drug-likeness (QED) is 0.357. The van der Waals surface area contributed by atoms with Crippen molar-refractivity contribution in [3.63, 3.8) is 0 Å². The minimum atomic E-state index is -0.0201. The standard InChI is InChI=1S/C28H24ClN3O2/c29-23-8-4-7-22(17-23)28-25-18-32(16-15-26(25)30-31-28)27(33)14-11-20-9-12-24(13-10-20)34-19-21-5-2-1-3-6-21/h1-14,17H,15-16,18-19H2,(H,30,31)/b14-11+. The van der Waals surface area contributed by atoms with E-state index in [1.165, 1.54) is 0 Å². The zero-order valence-corrected chi connectivity index (χ0v) is 19.3. The maximum Gasteiger partial charge on any atom is 0.246 e. The van der Waals surface area contributed by atoms with Crippen LogP contribution in [-0.2, 0) is 24.4 Å². The summed E-state index contributed by atoms with van der Waals surface area (Å²) in [5.41, 5.74) is 6.00. The normalized spacial score (nSPS) is 13.1. The van der Waals surface area contributed by atoms with Crippen LogP contribution >= 0.6 is 11.6 Å². The lowest BCUT2D eigenvalue weighted by molar-refractivity contribution is -0.126. The smallest absolute Gasteiger partial charge is 0.246 e. The van der Waals surface area contributed by atoms with E-state index in [9.17, 15) is 4.79 Å². The van der Waals surface area contributed by atoms with Gasteiger partial charge in [-0.3, -0.25) is 9.89 Å². The molecule has 3 aromatic carbocycles. The average molecular weight is 470 g/mol. The molecular formula is C28H24ClN3O2. The van der Waals surface area contributed by atoms with Crippen LogP contribution < -0.4 is 4.74 Å². The van der Waals surface area contributed by atoms with Gasteiger partial charge in [-0.1, -0.05) is 66.2 Å². The summed E-state index contributed by atoms with van der Waals surface area (Å²) in [4.78, 5) is 14.7. The average Bonchev–Trinajstić information content (AvgIpc) is 3.31. The zero-order valence-electron chi connectivity index (χ0n) is 18.6. The molecule has 0 saturated heterocycles. The van der Waals surface area contributed by atoms with Gasteiger partial charge in [-0.25, -0.2) is 0 Å². The highest BCUT2D eigenvalue weighted by Gasteiger charge is 2.24. The van der Waals surface area contributed by atoms with E-state index in [2.05, 4.69) is 10.2 Å².